The van der Waals surface area contributed by atoms with E-state index in [0.29, 0.717) is 12.4 Å². The first kappa shape index (κ1) is 11.4. The van der Waals surface area contributed by atoms with Crippen molar-refractivity contribution in [3.63, 3.8) is 0 Å². The second kappa shape index (κ2) is 5.91. The molecule has 1 heterocycles. The molecule has 1 unspecified atom stereocenters. The van der Waals surface area contributed by atoms with Crippen LogP contribution in [0.2, 0.25) is 0 Å². The molecule has 5 heteroatoms. The number of aldehydes is 1. The third-order valence-electron chi connectivity index (χ3n) is 2.38. The summed E-state index contributed by atoms with van der Waals surface area (Å²) in [4.78, 5) is 14.4. The van der Waals surface area contributed by atoms with E-state index < -0.39 is 0 Å². The minimum Gasteiger partial charge on any atom is -0.303 e. The van der Waals surface area contributed by atoms with Crippen molar-refractivity contribution in [3.8, 4) is 6.07 Å². The summed E-state index contributed by atoms with van der Waals surface area (Å²) in [6.07, 6.45) is 4.91. The molecular weight excluding hydrogens is 192 g/mol. The molecule has 1 rings (SSSR count). The lowest BCUT2D eigenvalue weighted by atomic mass is 10.0. The van der Waals surface area contributed by atoms with Crippen LogP contribution in [0, 0.1) is 17.2 Å². The van der Waals surface area contributed by atoms with E-state index >= 15 is 0 Å². The summed E-state index contributed by atoms with van der Waals surface area (Å²) in [7, 11) is 0. The van der Waals surface area contributed by atoms with Crippen molar-refractivity contribution in [2.75, 3.05) is 0 Å². The fraction of sp³-hybridized carbons (Fsp3) is 0.600. The van der Waals surface area contributed by atoms with E-state index in [1.165, 1.54) is 6.33 Å². The lowest BCUT2D eigenvalue weighted by Gasteiger charge is -2.06. The lowest BCUT2D eigenvalue weighted by molar-refractivity contribution is -0.111. The number of hydrogen-bond donors (Lipinski definition) is 0. The third kappa shape index (κ3) is 3.17. The molecule has 0 aliphatic rings. The Balaban J connectivity index is 2.38. The SMILES string of the molecule is CCC(C=O)CCCn1ncnc1C#N. The highest BCUT2D eigenvalue weighted by molar-refractivity contribution is 5.53. The summed E-state index contributed by atoms with van der Waals surface area (Å²) in [6, 6.07) is 1.96. The number of nitrogens with zero attached hydrogens (tertiary/aromatic N) is 4. The Kier molecular flexibility index (Phi) is 4.48. The fourth-order valence-corrected chi connectivity index (χ4v) is 1.39. The summed E-state index contributed by atoms with van der Waals surface area (Å²) < 4.78 is 1.57. The monoisotopic (exact) mass is 206 g/mol. The van der Waals surface area contributed by atoms with Gasteiger partial charge in [0.25, 0.3) is 0 Å². The molecule has 0 saturated heterocycles. The smallest absolute Gasteiger partial charge is 0.230 e. The lowest BCUT2D eigenvalue weighted by Crippen LogP contribution is -2.07. The van der Waals surface area contributed by atoms with Crippen LogP contribution in [0.25, 0.3) is 0 Å². The summed E-state index contributed by atoms with van der Waals surface area (Å²) >= 11 is 0. The number of rotatable bonds is 6. The normalized spacial score (nSPS) is 12.0. The van der Waals surface area contributed by atoms with Crippen LogP contribution < -0.4 is 0 Å². The van der Waals surface area contributed by atoms with Gasteiger partial charge in [0, 0.05) is 12.5 Å². The highest BCUT2D eigenvalue weighted by atomic mass is 16.1. The first-order chi connectivity index (χ1) is 7.31. The van der Waals surface area contributed by atoms with Crippen LogP contribution in [-0.4, -0.2) is 21.1 Å². The maximum Gasteiger partial charge on any atom is 0.230 e. The van der Waals surface area contributed by atoms with Gasteiger partial charge < -0.3 is 4.79 Å². The van der Waals surface area contributed by atoms with Crippen LogP contribution in [0.3, 0.4) is 0 Å². The first-order valence-electron chi connectivity index (χ1n) is 5.05. The van der Waals surface area contributed by atoms with Crippen molar-refractivity contribution in [1.82, 2.24) is 14.8 Å². The van der Waals surface area contributed by atoms with E-state index in [4.69, 9.17) is 5.26 Å². The van der Waals surface area contributed by atoms with Crippen molar-refractivity contribution < 1.29 is 4.79 Å². The summed E-state index contributed by atoms with van der Waals surface area (Å²) in [6.45, 7) is 2.64. The maximum atomic E-state index is 10.6. The van der Waals surface area contributed by atoms with Crippen molar-refractivity contribution in [2.24, 2.45) is 5.92 Å². The second-order valence-electron chi connectivity index (χ2n) is 3.37. The number of nitriles is 1. The van der Waals surface area contributed by atoms with Gasteiger partial charge >= 0.3 is 0 Å². The van der Waals surface area contributed by atoms with Crippen molar-refractivity contribution in [2.45, 2.75) is 32.7 Å². The summed E-state index contributed by atoms with van der Waals surface area (Å²) in [5.74, 6) is 0.452. The van der Waals surface area contributed by atoms with E-state index in [9.17, 15) is 4.79 Å². The molecule has 0 bridgehead atoms. The van der Waals surface area contributed by atoms with Crippen molar-refractivity contribution >= 4 is 6.29 Å². The number of aromatic nitrogens is 3. The van der Waals surface area contributed by atoms with Gasteiger partial charge in [0.05, 0.1) is 0 Å². The molecule has 1 aromatic rings. The molecule has 0 amide bonds. The first-order valence-corrected chi connectivity index (χ1v) is 5.05. The minimum absolute atomic E-state index is 0.124. The number of carbonyl (C=O) groups excluding carboxylic acids is 1. The number of carbonyl (C=O) groups is 1. The molecule has 0 aromatic carbocycles. The van der Waals surface area contributed by atoms with Gasteiger partial charge in [-0.15, -0.1) is 0 Å². The Bertz CT molecular complexity index is 353. The largest absolute Gasteiger partial charge is 0.303 e. The van der Waals surface area contributed by atoms with Crippen LogP contribution in [0.15, 0.2) is 6.33 Å². The molecule has 0 fully saturated rings. The topological polar surface area (TPSA) is 71.6 Å². The second-order valence-corrected chi connectivity index (χ2v) is 3.37. The van der Waals surface area contributed by atoms with E-state index in [0.717, 1.165) is 25.5 Å². The highest BCUT2D eigenvalue weighted by Crippen LogP contribution is 2.08. The quantitative estimate of drug-likeness (QED) is 0.654. The van der Waals surface area contributed by atoms with Crippen molar-refractivity contribution in [1.29, 1.82) is 5.26 Å². The molecule has 0 spiro atoms. The average Bonchev–Trinajstić information content (AvgIpc) is 2.72. The fourth-order valence-electron chi connectivity index (χ4n) is 1.39. The molecule has 1 aromatic heterocycles. The van der Waals surface area contributed by atoms with E-state index in [1.54, 1.807) is 4.68 Å². The van der Waals surface area contributed by atoms with Crippen LogP contribution in [-0.2, 0) is 11.3 Å². The Labute approximate surface area is 88.7 Å². The van der Waals surface area contributed by atoms with E-state index in [-0.39, 0.29) is 5.92 Å². The average molecular weight is 206 g/mol. The van der Waals surface area contributed by atoms with Gasteiger partial charge in [-0.3, -0.25) is 0 Å². The van der Waals surface area contributed by atoms with E-state index in [2.05, 4.69) is 10.1 Å². The maximum absolute atomic E-state index is 10.6. The highest BCUT2D eigenvalue weighted by Gasteiger charge is 2.06. The number of aryl methyl sites for hydroxylation is 1. The molecule has 15 heavy (non-hydrogen) atoms. The zero-order valence-electron chi connectivity index (χ0n) is 8.76. The standard InChI is InChI=1S/C10H14N4O/c1-2-9(7-15)4-3-5-14-10(6-11)12-8-13-14/h7-9H,2-5H2,1H3. The summed E-state index contributed by atoms with van der Waals surface area (Å²) in [5, 5.41) is 12.6. The van der Waals surface area contributed by atoms with Gasteiger partial charge in [-0.1, -0.05) is 6.92 Å². The predicted octanol–water partition coefficient (Wildman–Crippen LogP) is 1.16. The van der Waals surface area contributed by atoms with Gasteiger partial charge in [0.1, 0.15) is 18.7 Å². The van der Waals surface area contributed by atoms with Crippen LogP contribution in [0.1, 0.15) is 32.0 Å². The Morgan fingerprint density at radius 1 is 1.73 bits per heavy atom. The third-order valence-corrected chi connectivity index (χ3v) is 2.38. The van der Waals surface area contributed by atoms with E-state index in [1.807, 2.05) is 13.0 Å². The predicted molar refractivity (Wildman–Crippen MR) is 53.8 cm³/mol. The molecule has 0 N–H and O–H groups in total. The zero-order valence-corrected chi connectivity index (χ0v) is 8.76. The van der Waals surface area contributed by atoms with Crippen LogP contribution >= 0.6 is 0 Å². The Hall–Kier alpha value is -1.70. The molecule has 80 valence electrons. The molecule has 1 atom stereocenters. The Morgan fingerprint density at radius 3 is 3.13 bits per heavy atom. The Morgan fingerprint density at radius 2 is 2.53 bits per heavy atom. The van der Waals surface area contributed by atoms with Gasteiger partial charge in [-0.2, -0.15) is 10.4 Å². The zero-order chi connectivity index (χ0) is 11.1. The van der Waals surface area contributed by atoms with Crippen LogP contribution in [0.4, 0.5) is 0 Å². The molecule has 0 saturated carbocycles. The van der Waals surface area contributed by atoms with Crippen molar-refractivity contribution in [3.05, 3.63) is 12.2 Å². The molecule has 0 radical (unpaired) electrons. The summed E-state index contributed by atoms with van der Waals surface area (Å²) in [5.41, 5.74) is 0. The molecule has 0 aliphatic heterocycles. The van der Waals surface area contributed by atoms with Gasteiger partial charge in [-0.05, 0) is 19.3 Å². The molecular formula is C10H14N4O. The molecule has 0 aliphatic carbocycles. The van der Waals surface area contributed by atoms with Gasteiger partial charge in [0.15, 0.2) is 0 Å². The van der Waals surface area contributed by atoms with Gasteiger partial charge in [0.2, 0.25) is 5.82 Å². The van der Waals surface area contributed by atoms with Crippen LogP contribution in [0.5, 0.6) is 0 Å². The number of hydrogen-bond acceptors (Lipinski definition) is 4. The molecule has 5 nitrogen and oxygen atoms in total. The minimum atomic E-state index is 0.124. The van der Waals surface area contributed by atoms with Gasteiger partial charge in [-0.25, -0.2) is 9.67 Å².